The quantitative estimate of drug-likeness (QED) is 0.716. The van der Waals surface area contributed by atoms with Crippen molar-refractivity contribution >= 4 is 5.91 Å². The van der Waals surface area contributed by atoms with E-state index in [0.29, 0.717) is 18.9 Å². The van der Waals surface area contributed by atoms with Crippen LogP contribution in [-0.2, 0) is 4.79 Å². The van der Waals surface area contributed by atoms with E-state index in [4.69, 9.17) is 5.73 Å². The molecule has 1 saturated heterocycles. The second-order valence-electron chi connectivity index (χ2n) is 5.12. The van der Waals surface area contributed by atoms with E-state index in [1.165, 1.54) is 19.4 Å². The number of carbonyl (C=O) groups is 1. The number of nitrogens with two attached hydrogens (primary N) is 1. The standard InChI is InChI=1S/C12H25N3O/c1-10(7-13)6-12(16)14-8-11-4-3-5-15(2)9-11/h10-11H,3-9,13H2,1-2H3,(H,14,16). The van der Waals surface area contributed by atoms with Crippen LogP contribution in [0.4, 0.5) is 0 Å². The molecule has 1 rings (SSSR count). The summed E-state index contributed by atoms with van der Waals surface area (Å²) in [5.41, 5.74) is 5.49. The fraction of sp³-hybridized carbons (Fsp3) is 0.917. The van der Waals surface area contributed by atoms with Crippen LogP contribution in [0.2, 0.25) is 0 Å². The van der Waals surface area contributed by atoms with Crippen molar-refractivity contribution in [2.45, 2.75) is 26.2 Å². The van der Waals surface area contributed by atoms with E-state index in [2.05, 4.69) is 17.3 Å². The van der Waals surface area contributed by atoms with Gasteiger partial charge in [-0.15, -0.1) is 0 Å². The van der Waals surface area contributed by atoms with Crippen molar-refractivity contribution < 1.29 is 4.79 Å². The van der Waals surface area contributed by atoms with Gasteiger partial charge in [-0.05, 0) is 44.8 Å². The molecule has 0 saturated carbocycles. The third kappa shape index (κ3) is 4.94. The van der Waals surface area contributed by atoms with Gasteiger partial charge in [0.25, 0.3) is 0 Å². The number of likely N-dealkylation sites (tertiary alicyclic amines) is 1. The molecular formula is C12H25N3O. The Kier molecular flexibility index (Phi) is 5.77. The average molecular weight is 227 g/mol. The Morgan fingerprint density at radius 3 is 3.00 bits per heavy atom. The highest BCUT2D eigenvalue weighted by Crippen LogP contribution is 2.13. The normalized spacial score (nSPS) is 24.1. The largest absolute Gasteiger partial charge is 0.356 e. The lowest BCUT2D eigenvalue weighted by Gasteiger charge is -2.29. The zero-order valence-corrected chi connectivity index (χ0v) is 10.5. The molecule has 1 aliphatic heterocycles. The average Bonchev–Trinajstić information content (AvgIpc) is 2.26. The van der Waals surface area contributed by atoms with Crippen LogP contribution >= 0.6 is 0 Å². The first kappa shape index (κ1) is 13.5. The monoisotopic (exact) mass is 227 g/mol. The number of hydrogen-bond acceptors (Lipinski definition) is 3. The molecule has 0 aliphatic carbocycles. The summed E-state index contributed by atoms with van der Waals surface area (Å²) in [6.45, 7) is 5.70. The molecule has 0 aromatic carbocycles. The third-order valence-electron chi connectivity index (χ3n) is 3.25. The maximum atomic E-state index is 11.6. The number of piperidine rings is 1. The van der Waals surface area contributed by atoms with Gasteiger partial charge in [0, 0.05) is 19.5 Å². The summed E-state index contributed by atoms with van der Waals surface area (Å²) in [4.78, 5) is 13.9. The van der Waals surface area contributed by atoms with Crippen LogP contribution in [0.3, 0.4) is 0 Å². The van der Waals surface area contributed by atoms with Crippen LogP contribution in [-0.4, -0.2) is 44.0 Å². The second kappa shape index (κ2) is 6.86. The van der Waals surface area contributed by atoms with E-state index in [1.54, 1.807) is 0 Å². The third-order valence-corrected chi connectivity index (χ3v) is 3.25. The number of nitrogens with one attached hydrogen (secondary N) is 1. The SMILES string of the molecule is CC(CN)CC(=O)NCC1CCCN(C)C1. The summed E-state index contributed by atoms with van der Waals surface area (Å²) in [7, 11) is 2.14. The fourth-order valence-corrected chi connectivity index (χ4v) is 2.17. The number of carbonyl (C=O) groups excluding carboxylic acids is 1. The van der Waals surface area contributed by atoms with Gasteiger partial charge in [0.2, 0.25) is 5.91 Å². The van der Waals surface area contributed by atoms with Gasteiger partial charge < -0.3 is 16.0 Å². The first-order valence-corrected chi connectivity index (χ1v) is 6.27. The first-order valence-electron chi connectivity index (χ1n) is 6.27. The molecule has 0 radical (unpaired) electrons. The summed E-state index contributed by atoms with van der Waals surface area (Å²) < 4.78 is 0. The molecule has 0 spiro atoms. The zero-order chi connectivity index (χ0) is 12.0. The maximum Gasteiger partial charge on any atom is 0.220 e. The van der Waals surface area contributed by atoms with E-state index in [0.717, 1.165) is 13.1 Å². The molecule has 16 heavy (non-hydrogen) atoms. The summed E-state index contributed by atoms with van der Waals surface area (Å²) in [6.07, 6.45) is 3.03. The van der Waals surface area contributed by atoms with Gasteiger partial charge in [-0.1, -0.05) is 6.92 Å². The number of hydrogen-bond donors (Lipinski definition) is 2. The van der Waals surface area contributed by atoms with Crippen molar-refractivity contribution in [3.05, 3.63) is 0 Å². The summed E-state index contributed by atoms with van der Waals surface area (Å²) in [5.74, 6) is 1.05. The molecular weight excluding hydrogens is 202 g/mol. The number of amides is 1. The lowest BCUT2D eigenvalue weighted by molar-refractivity contribution is -0.122. The fourth-order valence-electron chi connectivity index (χ4n) is 2.17. The van der Waals surface area contributed by atoms with E-state index >= 15 is 0 Å². The van der Waals surface area contributed by atoms with E-state index < -0.39 is 0 Å². The highest BCUT2D eigenvalue weighted by molar-refractivity contribution is 5.76. The summed E-state index contributed by atoms with van der Waals surface area (Å²) >= 11 is 0. The van der Waals surface area contributed by atoms with Gasteiger partial charge in [-0.25, -0.2) is 0 Å². The molecule has 1 fully saturated rings. The van der Waals surface area contributed by atoms with Crippen LogP contribution in [0, 0.1) is 11.8 Å². The van der Waals surface area contributed by atoms with E-state index in [9.17, 15) is 4.79 Å². The first-order chi connectivity index (χ1) is 7.61. The molecule has 0 aromatic rings. The minimum absolute atomic E-state index is 0.145. The van der Waals surface area contributed by atoms with Crippen LogP contribution in [0.15, 0.2) is 0 Å². The molecule has 2 unspecified atom stereocenters. The number of nitrogens with zero attached hydrogens (tertiary/aromatic N) is 1. The molecule has 0 bridgehead atoms. The Hall–Kier alpha value is -0.610. The van der Waals surface area contributed by atoms with Crippen LogP contribution < -0.4 is 11.1 Å². The molecule has 1 aliphatic rings. The maximum absolute atomic E-state index is 11.6. The van der Waals surface area contributed by atoms with Crippen LogP contribution in [0.1, 0.15) is 26.2 Å². The van der Waals surface area contributed by atoms with Crippen molar-refractivity contribution in [2.24, 2.45) is 17.6 Å². The van der Waals surface area contributed by atoms with Crippen molar-refractivity contribution in [3.8, 4) is 0 Å². The highest BCUT2D eigenvalue weighted by Gasteiger charge is 2.17. The molecule has 94 valence electrons. The Balaban J connectivity index is 2.15. The Labute approximate surface area is 98.6 Å². The lowest BCUT2D eigenvalue weighted by Crippen LogP contribution is -2.39. The molecule has 1 heterocycles. The minimum atomic E-state index is 0.145. The van der Waals surface area contributed by atoms with Crippen molar-refractivity contribution in [1.29, 1.82) is 0 Å². The molecule has 3 N–H and O–H groups in total. The topological polar surface area (TPSA) is 58.4 Å². The van der Waals surface area contributed by atoms with Gasteiger partial charge in [0.1, 0.15) is 0 Å². The van der Waals surface area contributed by atoms with Gasteiger partial charge >= 0.3 is 0 Å². The predicted octanol–water partition coefficient (Wildman–Crippen LogP) is 0.429. The summed E-state index contributed by atoms with van der Waals surface area (Å²) in [6, 6.07) is 0. The second-order valence-corrected chi connectivity index (χ2v) is 5.12. The van der Waals surface area contributed by atoms with E-state index in [-0.39, 0.29) is 11.8 Å². The van der Waals surface area contributed by atoms with Gasteiger partial charge in [-0.2, -0.15) is 0 Å². The molecule has 1 amide bonds. The smallest absolute Gasteiger partial charge is 0.220 e. The van der Waals surface area contributed by atoms with E-state index in [1.807, 2.05) is 6.92 Å². The van der Waals surface area contributed by atoms with Gasteiger partial charge in [0.15, 0.2) is 0 Å². The van der Waals surface area contributed by atoms with Crippen LogP contribution in [0.25, 0.3) is 0 Å². The molecule has 4 heteroatoms. The lowest BCUT2D eigenvalue weighted by atomic mass is 9.98. The molecule has 0 aromatic heterocycles. The van der Waals surface area contributed by atoms with Crippen LogP contribution in [0.5, 0.6) is 0 Å². The number of rotatable bonds is 5. The van der Waals surface area contributed by atoms with Gasteiger partial charge in [-0.3, -0.25) is 4.79 Å². The highest BCUT2D eigenvalue weighted by atomic mass is 16.1. The molecule has 4 nitrogen and oxygen atoms in total. The van der Waals surface area contributed by atoms with Crippen molar-refractivity contribution in [1.82, 2.24) is 10.2 Å². The van der Waals surface area contributed by atoms with Gasteiger partial charge in [0.05, 0.1) is 0 Å². The van der Waals surface area contributed by atoms with Crippen molar-refractivity contribution in [2.75, 3.05) is 33.2 Å². The minimum Gasteiger partial charge on any atom is -0.356 e. The Bertz CT molecular complexity index is 220. The predicted molar refractivity (Wildman–Crippen MR) is 66.1 cm³/mol. The molecule has 2 atom stereocenters. The summed E-state index contributed by atoms with van der Waals surface area (Å²) in [5, 5.41) is 3.02. The Morgan fingerprint density at radius 2 is 2.38 bits per heavy atom. The zero-order valence-electron chi connectivity index (χ0n) is 10.5. The Morgan fingerprint density at radius 1 is 1.62 bits per heavy atom. The van der Waals surface area contributed by atoms with Crippen molar-refractivity contribution in [3.63, 3.8) is 0 Å².